The van der Waals surface area contributed by atoms with E-state index in [9.17, 15) is 14.4 Å². The van der Waals surface area contributed by atoms with E-state index in [2.05, 4.69) is 0 Å². The summed E-state index contributed by atoms with van der Waals surface area (Å²) < 4.78 is 10.3. The zero-order valence-corrected chi connectivity index (χ0v) is 13.4. The number of hydroxylamine groups is 2. The third-order valence-electron chi connectivity index (χ3n) is 3.56. The van der Waals surface area contributed by atoms with Gasteiger partial charge in [0.2, 0.25) is 0 Å². The van der Waals surface area contributed by atoms with Crippen LogP contribution in [0.2, 0.25) is 0 Å². The molecule has 2 aromatic carbocycles. The monoisotopic (exact) mass is 341 g/mol. The van der Waals surface area contributed by atoms with Crippen molar-refractivity contribution in [1.82, 2.24) is 5.06 Å². The van der Waals surface area contributed by atoms with Gasteiger partial charge in [0.05, 0.1) is 23.3 Å². The van der Waals surface area contributed by atoms with Gasteiger partial charge in [0, 0.05) is 7.11 Å². The number of hydrogen-bond donors (Lipinski definition) is 0. The molecule has 1 aliphatic heterocycles. The fourth-order valence-electron chi connectivity index (χ4n) is 2.34. The minimum atomic E-state index is -0.827. The molecule has 0 bridgehead atoms. The van der Waals surface area contributed by atoms with Crippen molar-refractivity contribution in [2.24, 2.45) is 0 Å². The first-order valence-electron chi connectivity index (χ1n) is 7.53. The maximum Gasteiger partial charge on any atom is 0.364 e. The van der Waals surface area contributed by atoms with E-state index >= 15 is 0 Å². The largest absolute Gasteiger partial charge is 0.491 e. The molecule has 2 amide bonds. The molecule has 1 aliphatic rings. The summed E-state index contributed by atoms with van der Waals surface area (Å²) in [4.78, 5) is 41.7. The summed E-state index contributed by atoms with van der Waals surface area (Å²) in [5, 5.41) is 0.478. The average Bonchev–Trinajstić information content (AvgIpc) is 2.87. The van der Waals surface area contributed by atoms with Gasteiger partial charge < -0.3 is 14.3 Å². The molecular weight excluding hydrogens is 326 g/mol. The van der Waals surface area contributed by atoms with Gasteiger partial charge in [-0.15, -0.1) is 0 Å². The molecule has 0 unspecified atom stereocenters. The maximum atomic E-state index is 12.3. The highest BCUT2D eigenvalue weighted by Crippen LogP contribution is 2.23. The molecule has 0 aromatic heterocycles. The van der Waals surface area contributed by atoms with E-state index in [1.807, 2.05) is 0 Å². The summed E-state index contributed by atoms with van der Waals surface area (Å²) in [7, 11) is 1.55. The van der Waals surface area contributed by atoms with Crippen LogP contribution in [0.1, 0.15) is 31.1 Å². The van der Waals surface area contributed by atoms with Crippen molar-refractivity contribution >= 4 is 17.8 Å². The second-order valence-corrected chi connectivity index (χ2v) is 5.20. The standard InChI is InChI=1S/C18H15NO6/c1-23-9-10-24-13-6-4-5-12(11-13)18(22)25-19-16(20)14-7-2-3-8-15(14)17(19)21/h2-8,11H,9-10H2,1H3. The summed E-state index contributed by atoms with van der Waals surface area (Å²) >= 11 is 0. The predicted octanol–water partition coefficient (Wildman–Crippen LogP) is 2.08. The Balaban J connectivity index is 1.72. The molecule has 0 aliphatic carbocycles. The van der Waals surface area contributed by atoms with Crippen molar-refractivity contribution in [3.63, 3.8) is 0 Å². The minimum Gasteiger partial charge on any atom is -0.491 e. The summed E-state index contributed by atoms with van der Waals surface area (Å²) in [6.45, 7) is 0.733. The van der Waals surface area contributed by atoms with Gasteiger partial charge >= 0.3 is 5.97 Å². The summed E-state index contributed by atoms with van der Waals surface area (Å²) in [5.74, 6) is -1.71. The Morgan fingerprint density at radius 1 is 0.960 bits per heavy atom. The fourth-order valence-corrected chi connectivity index (χ4v) is 2.34. The van der Waals surface area contributed by atoms with Gasteiger partial charge in [0.1, 0.15) is 12.4 Å². The van der Waals surface area contributed by atoms with Crippen LogP contribution in [-0.4, -0.2) is 43.2 Å². The highest BCUT2D eigenvalue weighted by molar-refractivity contribution is 6.21. The average molecular weight is 341 g/mol. The maximum absolute atomic E-state index is 12.3. The van der Waals surface area contributed by atoms with Gasteiger partial charge in [-0.2, -0.15) is 0 Å². The van der Waals surface area contributed by atoms with Crippen LogP contribution >= 0.6 is 0 Å². The molecule has 1 heterocycles. The number of carbonyl (C=O) groups excluding carboxylic acids is 3. The van der Waals surface area contributed by atoms with Crippen molar-refractivity contribution in [2.45, 2.75) is 0 Å². The SMILES string of the molecule is COCCOc1cccc(C(=O)ON2C(=O)c3ccccc3C2=O)c1. The molecule has 0 spiro atoms. The molecule has 2 aromatic rings. The lowest BCUT2D eigenvalue weighted by molar-refractivity contribution is -0.0584. The number of benzene rings is 2. The van der Waals surface area contributed by atoms with Crippen LogP contribution in [-0.2, 0) is 9.57 Å². The number of rotatable bonds is 6. The summed E-state index contributed by atoms with van der Waals surface area (Å²) in [6.07, 6.45) is 0. The van der Waals surface area contributed by atoms with Gasteiger partial charge in [-0.25, -0.2) is 4.79 Å². The zero-order valence-electron chi connectivity index (χ0n) is 13.4. The molecule has 3 rings (SSSR count). The Morgan fingerprint density at radius 2 is 1.64 bits per heavy atom. The van der Waals surface area contributed by atoms with E-state index in [-0.39, 0.29) is 16.7 Å². The number of imide groups is 1. The fraction of sp³-hybridized carbons (Fsp3) is 0.167. The van der Waals surface area contributed by atoms with E-state index in [0.29, 0.717) is 24.0 Å². The van der Waals surface area contributed by atoms with Crippen LogP contribution in [0, 0.1) is 0 Å². The Bertz CT molecular complexity index is 797. The lowest BCUT2D eigenvalue weighted by atomic mass is 10.1. The molecule has 0 fully saturated rings. The third-order valence-corrected chi connectivity index (χ3v) is 3.56. The number of ether oxygens (including phenoxy) is 2. The first kappa shape index (κ1) is 16.7. The molecule has 7 nitrogen and oxygen atoms in total. The highest BCUT2D eigenvalue weighted by Gasteiger charge is 2.38. The van der Waals surface area contributed by atoms with E-state index in [1.54, 1.807) is 31.4 Å². The van der Waals surface area contributed by atoms with Gasteiger partial charge in [0.25, 0.3) is 11.8 Å². The Morgan fingerprint density at radius 3 is 2.28 bits per heavy atom. The highest BCUT2D eigenvalue weighted by atomic mass is 16.7. The third kappa shape index (κ3) is 3.36. The second kappa shape index (κ2) is 7.14. The van der Waals surface area contributed by atoms with E-state index in [0.717, 1.165) is 0 Å². The lowest BCUT2D eigenvalue weighted by Crippen LogP contribution is -2.32. The molecule has 0 atom stereocenters. The van der Waals surface area contributed by atoms with Crippen LogP contribution in [0.4, 0.5) is 0 Å². The Labute approximate surface area is 143 Å². The predicted molar refractivity (Wildman–Crippen MR) is 86.2 cm³/mol. The molecule has 0 N–H and O–H groups in total. The van der Waals surface area contributed by atoms with Crippen molar-refractivity contribution in [1.29, 1.82) is 0 Å². The van der Waals surface area contributed by atoms with Crippen LogP contribution in [0.5, 0.6) is 5.75 Å². The van der Waals surface area contributed by atoms with Crippen LogP contribution in [0.3, 0.4) is 0 Å². The van der Waals surface area contributed by atoms with E-state index in [4.69, 9.17) is 14.3 Å². The summed E-state index contributed by atoms with van der Waals surface area (Å²) in [6, 6.07) is 12.5. The molecule has 0 saturated heterocycles. The Hall–Kier alpha value is -3.19. The minimum absolute atomic E-state index is 0.159. The van der Waals surface area contributed by atoms with Crippen molar-refractivity contribution < 1.29 is 28.7 Å². The van der Waals surface area contributed by atoms with Gasteiger partial charge in [0.15, 0.2) is 0 Å². The van der Waals surface area contributed by atoms with Crippen molar-refractivity contribution in [3.8, 4) is 5.75 Å². The van der Waals surface area contributed by atoms with E-state index < -0.39 is 17.8 Å². The molecule has 0 radical (unpaired) electrons. The molecule has 25 heavy (non-hydrogen) atoms. The van der Waals surface area contributed by atoms with Crippen LogP contribution < -0.4 is 4.74 Å². The normalized spacial score (nSPS) is 12.9. The number of amides is 2. The van der Waals surface area contributed by atoms with Crippen LogP contribution in [0.15, 0.2) is 48.5 Å². The number of hydrogen-bond acceptors (Lipinski definition) is 6. The topological polar surface area (TPSA) is 82.1 Å². The first-order chi connectivity index (χ1) is 12.1. The second-order valence-electron chi connectivity index (χ2n) is 5.20. The number of nitrogens with zero attached hydrogens (tertiary/aromatic N) is 1. The summed E-state index contributed by atoms with van der Waals surface area (Å²) in [5.41, 5.74) is 0.570. The Kier molecular flexibility index (Phi) is 4.76. The zero-order chi connectivity index (χ0) is 17.8. The van der Waals surface area contributed by atoms with Gasteiger partial charge in [-0.1, -0.05) is 23.3 Å². The number of methoxy groups -OCH3 is 1. The smallest absolute Gasteiger partial charge is 0.364 e. The molecule has 7 heteroatoms. The molecular formula is C18H15NO6. The molecule has 128 valence electrons. The van der Waals surface area contributed by atoms with Crippen LogP contribution in [0.25, 0.3) is 0 Å². The van der Waals surface area contributed by atoms with Gasteiger partial charge in [-0.05, 0) is 30.3 Å². The first-order valence-corrected chi connectivity index (χ1v) is 7.53. The van der Waals surface area contributed by atoms with E-state index in [1.165, 1.54) is 24.3 Å². The quantitative estimate of drug-likeness (QED) is 0.591. The van der Waals surface area contributed by atoms with Crippen molar-refractivity contribution in [2.75, 3.05) is 20.3 Å². The number of fused-ring (bicyclic) bond motifs is 1. The number of carbonyl (C=O) groups is 3. The van der Waals surface area contributed by atoms with Crippen molar-refractivity contribution in [3.05, 3.63) is 65.2 Å². The lowest BCUT2D eigenvalue weighted by Gasteiger charge is -2.13. The van der Waals surface area contributed by atoms with Gasteiger partial charge in [-0.3, -0.25) is 9.59 Å². The molecule has 0 saturated carbocycles.